The molecule has 0 spiro atoms. The van der Waals surface area contributed by atoms with Crippen LogP contribution in [-0.2, 0) is 85.5 Å². The fourth-order valence-electron chi connectivity index (χ4n) is 11.0. The Morgan fingerprint density at radius 3 is 1.60 bits per heavy atom. The predicted molar refractivity (Wildman–Crippen MR) is 308 cm³/mol. The maximum absolute atomic E-state index is 13.5. The molecule has 5 rings (SSSR count). The molecule has 5 fully saturated rings. The Balaban J connectivity index is 1.39. The first-order valence-electron chi connectivity index (χ1n) is 31.9. The number of aliphatic hydroxyl groups is 13. The number of unbranched alkanes of at least 4 members (excludes halogenated alkanes) is 4. The highest BCUT2D eigenvalue weighted by Gasteiger charge is 2.57. The smallest absolute Gasteiger partial charge is 0.312 e. The fourth-order valence-corrected chi connectivity index (χ4v) is 11.0. The molecule has 0 saturated carbocycles. The summed E-state index contributed by atoms with van der Waals surface area (Å²) in [4.78, 5) is 50.9. The van der Waals surface area contributed by atoms with E-state index in [1.807, 2.05) is 6.92 Å². The van der Waals surface area contributed by atoms with E-state index in [9.17, 15) is 85.6 Å². The number of aliphatic hydroxyl groups excluding tert-OH is 13. The fraction of sp³-hybridized carbons (Fsp3) is 0.933. The Morgan fingerprint density at radius 1 is 0.484 bits per heavy atom. The molecular weight excluding hydrogens is 1220 g/mol. The molecule has 0 radical (unpaired) electrons. The standard InChI is InChI=1S/C60H104O31/c1-12-19-34(21-18-16-14-15-17-20-33(63)22-37(64)78-11)84-59-50(43(70)40(67)36(86-59)24-79-56-46(73)44(71)48(31(9)82-56)87-55(77)27(5)29(7)80-54(76)26(4)28(6)62)91-60-51(42(69)39(66)35(23-61)85-60)90-58-52(88-53(75)25(3)13-2)47(74)49(32(10)83-58)89-57-45(72)41(68)38(65)30(8)81-57/h25-36,38-52,56-63,65-74H,12-24H2,1-11H3/t25-,26+,27+,28+,29+,30+,31-,32-,33-,34-,35+,36+,38+,39+,40+,41-,42-,43-,44-,45+,46+,47+,48-,49-,50+,51+,52+,56+,57-,58-,59+,60-/m0/s1. The summed E-state index contributed by atoms with van der Waals surface area (Å²) >= 11 is 0. The van der Waals surface area contributed by atoms with Gasteiger partial charge in [0.2, 0.25) is 0 Å². The van der Waals surface area contributed by atoms with Crippen molar-refractivity contribution in [3.8, 4) is 0 Å². The molecule has 5 aliphatic rings. The summed E-state index contributed by atoms with van der Waals surface area (Å²) in [6.45, 7) is 13.5. The van der Waals surface area contributed by atoms with E-state index in [4.69, 9.17) is 61.6 Å². The summed E-state index contributed by atoms with van der Waals surface area (Å²) in [6, 6.07) is 0. The van der Waals surface area contributed by atoms with Crippen LogP contribution in [-0.4, -0.2) is 289 Å². The normalized spacial score (nSPS) is 39.5. The van der Waals surface area contributed by atoms with E-state index in [1.165, 1.54) is 55.6 Å². The Morgan fingerprint density at radius 2 is 1.00 bits per heavy atom. The molecule has 32 atom stereocenters. The molecule has 0 aromatic rings. The summed E-state index contributed by atoms with van der Waals surface area (Å²) in [5.41, 5.74) is 0. The first-order valence-corrected chi connectivity index (χ1v) is 31.9. The Bertz CT molecular complexity index is 2180. The van der Waals surface area contributed by atoms with Crippen LogP contribution in [0.1, 0.15) is 140 Å². The lowest BCUT2D eigenvalue weighted by atomic mass is 9.95. The summed E-state index contributed by atoms with van der Waals surface area (Å²) in [6.07, 6.45) is -40.8. The lowest BCUT2D eigenvalue weighted by Gasteiger charge is -2.50. The summed E-state index contributed by atoms with van der Waals surface area (Å²) in [5.74, 6) is -5.76. The van der Waals surface area contributed by atoms with Gasteiger partial charge in [-0.2, -0.15) is 0 Å². The maximum atomic E-state index is 13.5. The van der Waals surface area contributed by atoms with Crippen LogP contribution in [0.25, 0.3) is 0 Å². The number of carbonyl (C=O) groups is 4. The third-order valence-corrected chi connectivity index (χ3v) is 17.7. The lowest BCUT2D eigenvalue weighted by molar-refractivity contribution is -0.401. The zero-order valence-corrected chi connectivity index (χ0v) is 53.8. The largest absolute Gasteiger partial charge is 0.469 e. The number of methoxy groups -OCH3 is 1. The monoisotopic (exact) mass is 1320 g/mol. The average molecular weight is 1320 g/mol. The van der Waals surface area contributed by atoms with Crippen LogP contribution in [0.3, 0.4) is 0 Å². The third-order valence-electron chi connectivity index (χ3n) is 17.7. The predicted octanol–water partition coefficient (Wildman–Crippen LogP) is -2.26. The molecule has 0 unspecified atom stereocenters. The zero-order chi connectivity index (χ0) is 67.9. The van der Waals surface area contributed by atoms with Crippen molar-refractivity contribution in [1.29, 1.82) is 0 Å². The van der Waals surface area contributed by atoms with E-state index in [2.05, 4.69) is 4.74 Å². The van der Waals surface area contributed by atoms with E-state index >= 15 is 0 Å². The van der Waals surface area contributed by atoms with Gasteiger partial charge in [-0.3, -0.25) is 19.2 Å². The van der Waals surface area contributed by atoms with Crippen molar-refractivity contribution in [3.05, 3.63) is 0 Å². The quantitative estimate of drug-likeness (QED) is 0.0187. The second-order valence-corrected chi connectivity index (χ2v) is 24.8. The Kier molecular flexibility index (Phi) is 31.9. The molecule has 0 bridgehead atoms. The molecular formula is C60H104O31. The second-order valence-electron chi connectivity index (χ2n) is 24.8. The lowest BCUT2D eigenvalue weighted by Crippen LogP contribution is -2.67. The molecule has 13 N–H and O–H groups in total. The molecule has 5 saturated heterocycles. The summed E-state index contributed by atoms with van der Waals surface area (Å²) in [5, 5.41) is 144. The van der Waals surface area contributed by atoms with Gasteiger partial charge in [0.1, 0.15) is 97.7 Å². The van der Waals surface area contributed by atoms with Crippen LogP contribution in [0.5, 0.6) is 0 Å². The molecule has 5 heterocycles. The van der Waals surface area contributed by atoms with E-state index < -0.39 is 233 Å². The molecule has 0 aliphatic carbocycles. The number of rotatable bonds is 33. The number of hydrogen-bond donors (Lipinski definition) is 13. The van der Waals surface area contributed by atoms with Gasteiger partial charge in [0.15, 0.2) is 43.7 Å². The molecule has 0 aromatic carbocycles. The first-order chi connectivity index (χ1) is 42.9. The van der Waals surface area contributed by atoms with Crippen LogP contribution < -0.4 is 0 Å². The van der Waals surface area contributed by atoms with E-state index in [0.29, 0.717) is 44.9 Å². The van der Waals surface area contributed by atoms with Crippen molar-refractivity contribution < 1.29 is 152 Å². The number of carbonyl (C=O) groups excluding carboxylic acids is 4. The highest BCUT2D eigenvalue weighted by Crippen LogP contribution is 2.38. The van der Waals surface area contributed by atoms with Gasteiger partial charge < -0.3 is 133 Å². The minimum Gasteiger partial charge on any atom is -0.469 e. The topological polar surface area (TPSA) is 460 Å². The van der Waals surface area contributed by atoms with E-state index in [1.54, 1.807) is 13.8 Å². The summed E-state index contributed by atoms with van der Waals surface area (Å²) < 4.78 is 82.7. The van der Waals surface area contributed by atoms with Crippen molar-refractivity contribution in [3.63, 3.8) is 0 Å². The van der Waals surface area contributed by atoms with Gasteiger partial charge in [0.25, 0.3) is 0 Å². The van der Waals surface area contributed by atoms with Gasteiger partial charge in [0, 0.05) is 0 Å². The van der Waals surface area contributed by atoms with Gasteiger partial charge in [-0.25, -0.2) is 0 Å². The van der Waals surface area contributed by atoms with Gasteiger partial charge in [-0.05, 0) is 74.1 Å². The number of esters is 4. The highest BCUT2D eigenvalue weighted by atomic mass is 16.8. The van der Waals surface area contributed by atoms with Crippen molar-refractivity contribution in [1.82, 2.24) is 0 Å². The van der Waals surface area contributed by atoms with Crippen molar-refractivity contribution in [2.45, 2.75) is 318 Å². The highest BCUT2D eigenvalue weighted by molar-refractivity contribution is 5.76. The zero-order valence-electron chi connectivity index (χ0n) is 53.8. The SMILES string of the molecule is CCC[C@@H](CCCCCCC[C@H](O)CC(=O)OC)O[C@@H]1O[C@H](CO[C@@H]2O[C@@H](C)[C@H](OC(=O)[C@H](C)[C@@H](C)OC(=O)[C@H](C)[C@@H](C)O)[C@@H](O)[C@H]2O)[C@@H](O)[C@H](O)[C@H]1O[C@@H]1O[C@H](CO)[C@@H](O)[C@H](O)[C@H]1O[C@@H]1O[C@@H](C)[C@H](O[C@@H]2O[C@H](C)[C@@H](O)[C@H](O)[C@H]2O)[C@@H](O)[C@H]1OC(=O)[C@@H](C)CC. The molecule has 5 aliphatic heterocycles. The number of ether oxygens (including phenoxy) is 14. The van der Waals surface area contributed by atoms with Crippen LogP contribution in [0.2, 0.25) is 0 Å². The molecule has 0 aromatic heterocycles. The molecule has 91 heavy (non-hydrogen) atoms. The first kappa shape index (κ1) is 78.7. The Hall–Kier alpha value is -3.04. The van der Waals surface area contributed by atoms with Crippen LogP contribution in [0.4, 0.5) is 0 Å². The van der Waals surface area contributed by atoms with Crippen LogP contribution in [0.15, 0.2) is 0 Å². The van der Waals surface area contributed by atoms with Crippen LogP contribution >= 0.6 is 0 Å². The second kappa shape index (κ2) is 36.9. The summed E-state index contributed by atoms with van der Waals surface area (Å²) in [7, 11) is 1.24. The van der Waals surface area contributed by atoms with Gasteiger partial charge >= 0.3 is 23.9 Å². The number of hydrogen-bond acceptors (Lipinski definition) is 31. The molecule has 31 heteroatoms. The third kappa shape index (κ3) is 21.0. The van der Waals surface area contributed by atoms with Crippen molar-refractivity contribution in [2.24, 2.45) is 17.8 Å². The van der Waals surface area contributed by atoms with Gasteiger partial charge in [-0.15, -0.1) is 0 Å². The van der Waals surface area contributed by atoms with Crippen molar-refractivity contribution >= 4 is 23.9 Å². The molecule has 0 amide bonds. The van der Waals surface area contributed by atoms with E-state index in [-0.39, 0.29) is 12.8 Å². The van der Waals surface area contributed by atoms with Crippen molar-refractivity contribution in [2.75, 3.05) is 20.3 Å². The van der Waals surface area contributed by atoms with E-state index in [0.717, 1.165) is 12.8 Å². The molecule has 530 valence electrons. The minimum atomic E-state index is -2.06. The minimum absolute atomic E-state index is 0.118. The average Bonchev–Trinajstić information content (AvgIpc) is 0.820. The van der Waals surface area contributed by atoms with Gasteiger partial charge in [0.05, 0.1) is 81.1 Å². The molecule has 31 nitrogen and oxygen atoms in total. The van der Waals surface area contributed by atoms with Gasteiger partial charge in [-0.1, -0.05) is 59.3 Å². The van der Waals surface area contributed by atoms with Crippen LogP contribution in [0, 0.1) is 17.8 Å². The maximum Gasteiger partial charge on any atom is 0.312 e. The Labute approximate surface area is 530 Å².